The van der Waals surface area contributed by atoms with Crippen LogP contribution in [0.2, 0.25) is 0 Å². The van der Waals surface area contributed by atoms with Gasteiger partial charge in [-0.3, -0.25) is 0 Å². The first-order chi connectivity index (χ1) is 8.79. The molecule has 6 nitrogen and oxygen atoms in total. The Hall–Kier alpha value is -2.50. The molecule has 1 aromatic carbocycles. The lowest BCUT2D eigenvalue weighted by molar-refractivity contribution is -0.136. The summed E-state index contributed by atoms with van der Waals surface area (Å²) in [6.45, 7) is 0.272. The lowest BCUT2D eigenvalue weighted by Crippen LogP contribution is -2.12. The van der Waals surface area contributed by atoms with Gasteiger partial charge < -0.3 is 4.74 Å². The van der Waals surface area contributed by atoms with Gasteiger partial charge in [0.1, 0.15) is 6.33 Å². The van der Waals surface area contributed by atoms with Crippen LogP contribution in [0.1, 0.15) is 5.56 Å². The lowest BCUT2D eigenvalue weighted by Gasteiger charge is -2.05. The highest BCUT2D eigenvalue weighted by atomic mass is 16.5. The van der Waals surface area contributed by atoms with Crippen molar-refractivity contribution in [2.75, 3.05) is 7.11 Å². The van der Waals surface area contributed by atoms with Crippen molar-refractivity contribution in [3.05, 3.63) is 47.8 Å². The Morgan fingerprint density at radius 1 is 1.39 bits per heavy atom. The normalized spacial score (nSPS) is 11.3. The molecule has 1 aromatic heterocycles. The Morgan fingerprint density at radius 3 is 2.78 bits per heavy atom. The number of esters is 1. The van der Waals surface area contributed by atoms with Gasteiger partial charge in [-0.15, -0.1) is 5.10 Å². The molecule has 0 aliphatic carbocycles. The molecule has 0 unspecified atom stereocenters. The van der Waals surface area contributed by atoms with E-state index in [1.165, 1.54) is 18.1 Å². The fourth-order valence-electron chi connectivity index (χ4n) is 1.48. The molecule has 1 heterocycles. The van der Waals surface area contributed by atoms with Crippen LogP contribution < -0.4 is 0 Å². The fourth-order valence-corrected chi connectivity index (χ4v) is 1.48. The quantitative estimate of drug-likeness (QED) is 0.591. The number of carbonyl (C=O) groups excluding carboxylic acids is 1. The monoisotopic (exact) mass is 244 g/mol. The van der Waals surface area contributed by atoms with E-state index in [4.69, 9.17) is 4.74 Å². The number of hydrogen-bond acceptors (Lipinski definition) is 5. The van der Waals surface area contributed by atoms with E-state index in [9.17, 15) is 4.79 Å². The van der Waals surface area contributed by atoms with Crippen LogP contribution in [-0.4, -0.2) is 33.3 Å². The van der Waals surface area contributed by atoms with Crippen LogP contribution in [0.5, 0.6) is 0 Å². The second-order valence-corrected chi connectivity index (χ2v) is 3.58. The van der Waals surface area contributed by atoms with Gasteiger partial charge >= 0.3 is 5.97 Å². The molecular formula is C12H12N4O2. The SMILES string of the molecule is COC(=O)/C(=C/c1ccccc1)Cn1cnnn1. The summed E-state index contributed by atoms with van der Waals surface area (Å²) in [6, 6.07) is 9.52. The van der Waals surface area contributed by atoms with E-state index in [0.717, 1.165) is 5.56 Å². The maximum Gasteiger partial charge on any atom is 0.335 e. The second-order valence-electron chi connectivity index (χ2n) is 3.58. The van der Waals surface area contributed by atoms with E-state index < -0.39 is 5.97 Å². The summed E-state index contributed by atoms with van der Waals surface area (Å²) in [5.74, 6) is -0.394. The number of tetrazole rings is 1. The van der Waals surface area contributed by atoms with E-state index >= 15 is 0 Å². The predicted molar refractivity (Wildman–Crippen MR) is 64.3 cm³/mol. The van der Waals surface area contributed by atoms with Crippen LogP contribution in [0.3, 0.4) is 0 Å². The minimum atomic E-state index is -0.394. The molecule has 0 fully saturated rings. The van der Waals surface area contributed by atoms with Crippen molar-refractivity contribution in [1.82, 2.24) is 20.2 Å². The number of hydrogen-bond donors (Lipinski definition) is 0. The van der Waals surface area contributed by atoms with Crippen molar-refractivity contribution in [1.29, 1.82) is 0 Å². The topological polar surface area (TPSA) is 69.9 Å². The molecule has 0 aliphatic rings. The van der Waals surface area contributed by atoms with Crippen LogP contribution in [0, 0.1) is 0 Å². The number of methoxy groups -OCH3 is 1. The number of benzene rings is 1. The lowest BCUT2D eigenvalue weighted by atomic mass is 10.1. The zero-order valence-corrected chi connectivity index (χ0v) is 9.85. The van der Waals surface area contributed by atoms with Gasteiger partial charge in [0.25, 0.3) is 0 Å². The Labute approximate surface area is 104 Å². The van der Waals surface area contributed by atoms with E-state index in [2.05, 4.69) is 15.5 Å². The molecule has 0 radical (unpaired) electrons. The molecule has 0 aliphatic heterocycles. The first kappa shape index (κ1) is 12.0. The molecule has 0 atom stereocenters. The third-order valence-electron chi connectivity index (χ3n) is 2.31. The zero-order chi connectivity index (χ0) is 12.8. The van der Waals surface area contributed by atoms with E-state index in [1.807, 2.05) is 30.3 Å². The van der Waals surface area contributed by atoms with Gasteiger partial charge in [-0.25, -0.2) is 9.48 Å². The minimum absolute atomic E-state index is 0.272. The number of ether oxygens (including phenoxy) is 1. The molecule has 0 saturated heterocycles. The van der Waals surface area contributed by atoms with Gasteiger partial charge in [0.2, 0.25) is 0 Å². The molecule has 0 spiro atoms. The molecular weight excluding hydrogens is 232 g/mol. The molecule has 6 heteroatoms. The molecule has 0 N–H and O–H groups in total. The fraction of sp³-hybridized carbons (Fsp3) is 0.167. The standard InChI is InChI=1S/C12H12N4O2/c1-18-12(17)11(8-16-9-13-14-15-16)7-10-5-3-2-4-6-10/h2-7,9H,8H2,1H3/b11-7+. The Balaban J connectivity index is 2.25. The summed E-state index contributed by atoms with van der Waals surface area (Å²) in [6.07, 6.45) is 3.20. The Morgan fingerprint density at radius 2 is 2.17 bits per heavy atom. The predicted octanol–water partition coefficient (Wildman–Crippen LogP) is 0.930. The van der Waals surface area contributed by atoms with Crippen molar-refractivity contribution in [2.45, 2.75) is 6.54 Å². The maximum atomic E-state index is 11.7. The van der Waals surface area contributed by atoms with Gasteiger partial charge in [0, 0.05) is 0 Å². The molecule has 2 aromatic rings. The summed E-state index contributed by atoms with van der Waals surface area (Å²) in [7, 11) is 1.35. The summed E-state index contributed by atoms with van der Waals surface area (Å²) in [4.78, 5) is 11.7. The molecule has 18 heavy (non-hydrogen) atoms. The van der Waals surface area contributed by atoms with E-state index in [0.29, 0.717) is 5.57 Å². The molecule has 92 valence electrons. The van der Waals surface area contributed by atoms with Crippen LogP contribution in [0.25, 0.3) is 6.08 Å². The van der Waals surface area contributed by atoms with Crippen LogP contribution in [-0.2, 0) is 16.1 Å². The summed E-state index contributed by atoms with van der Waals surface area (Å²) in [5.41, 5.74) is 1.40. The molecule has 2 rings (SSSR count). The van der Waals surface area contributed by atoms with Crippen LogP contribution >= 0.6 is 0 Å². The average molecular weight is 244 g/mol. The first-order valence-corrected chi connectivity index (χ1v) is 5.34. The highest BCUT2D eigenvalue weighted by molar-refractivity contribution is 5.93. The average Bonchev–Trinajstić information content (AvgIpc) is 2.91. The number of nitrogens with zero attached hydrogens (tertiary/aromatic N) is 4. The van der Waals surface area contributed by atoms with Gasteiger partial charge in [-0.2, -0.15) is 0 Å². The highest BCUT2D eigenvalue weighted by Gasteiger charge is 2.11. The third kappa shape index (κ3) is 3.00. The number of aromatic nitrogens is 4. The van der Waals surface area contributed by atoms with Gasteiger partial charge in [0.05, 0.1) is 19.2 Å². The van der Waals surface area contributed by atoms with Crippen molar-refractivity contribution in [3.63, 3.8) is 0 Å². The maximum absolute atomic E-state index is 11.7. The number of carbonyl (C=O) groups is 1. The van der Waals surface area contributed by atoms with Gasteiger partial charge in [0.15, 0.2) is 0 Å². The van der Waals surface area contributed by atoms with E-state index in [-0.39, 0.29) is 6.54 Å². The van der Waals surface area contributed by atoms with Crippen molar-refractivity contribution in [2.24, 2.45) is 0 Å². The summed E-state index contributed by atoms with van der Waals surface area (Å²) < 4.78 is 6.21. The molecule has 0 amide bonds. The van der Waals surface area contributed by atoms with Crippen molar-refractivity contribution >= 4 is 12.0 Å². The first-order valence-electron chi connectivity index (χ1n) is 5.34. The van der Waals surface area contributed by atoms with Crippen LogP contribution in [0.4, 0.5) is 0 Å². The smallest absolute Gasteiger partial charge is 0.335 e. The summed E-state index contributed by atoms with van der Waals surface area (Å²) >= 11 is 0. The molecule has 0 bridgehead atoms. The molecule has 0 saturated carbocycles. The largest absolute Gasteiger partial charge is 0.466 e. The van der Waals surface area contributed by atoms with E-state index in [1.54, 1.807) is 6.08 Å². The van der Waals surface area contributed by atoms with Gasteiger partial charge in [-0.05, 0) is 22.1 Å². The van der Waals surface area contributed by atoms with Crippen LogP contribution in [0.15, 0.2) is 42.2 Å². The second kappa shape index (κ2) is 5.72. The summed E-state index contributed by atoms with van der Waals surface area (Å²) in [5, 5.41) is 10.8. The zero-order valence-electron chi connectivity index (χ0n) is 9.85. The van der Waals surface area contributed by atoms with Crippen molar-refractivity contribution < 1.29 is 9.53 Å². The Kier molecular flexibility index (Phi) is 3.80. The minimum Gasteiger partial charge on any atom is -0.466 e. The van der Waals surface area contributed by atoms with Gasteiger partial charge in [-0.1, -0.05) is 30.3 Å². The Bertz CT molecular complexity index is 534. The van der Waals surface area contributed by atoms with Crippen molar-refractivity contribution in [3.8, 4) is 0 Å². The number of rotatable bonds is 4. The third-order valence-corrected chi connectivity index (χ3v) is 2.31. The highest BCUT2D eigenvalue weighted by Crippen LogP contribution is 2.09.